The van der Waals surface area contributed by atoms with Crippen LogP contribution in [0.25, 0.3) is 0 Å². The van der Waals surface area contributed by atoms with Gasteiger partial charge >= 0.3 is 5.97 Å². The Kier molecular flexibility index (Phi) is 6.24. The number of carboxylic acid groups (broad SMARTS) is 1. The highest BCUT2D eigenvalue weighted by Crippen LogP contribution is 2.03. The molecule has 2 N–H and O–H groups in total. The maximum atomic E-state index is 11.9. The van der Waals surface area contributed by atoms with E-state index in [-0.39, 0.29) is 18.4 Å². The third-order valence-corrected chi connectivity index (χ3v) is 3.53. The fraction of sp³-hybridized carbons (Fsp3) is 0.846. The van der Waals surface area contributed by atoms with Crippen LogP contribution in [0.2, 0.25) is 0 Å². The Hall–Kier alpha value is -1.14. The normalized spacial score (nSPS) is 19.4. The number of nitrogens with zero attached hydrogens (tertiary/aromatic N) is 2. The average molecular weight is 271 g/mol. The van der Waals surface area contributed by atoms with Crippen molar-refractivity contribution in [3.05, 3.63) is 0 Å². The second kappa shape index (κ2) is 7.45. The molecule has 1 rings (SSSR count). The fourth-order valence-electron chi connectivity index (χ4n) is 2.20. The number of carboxylic acids is 1. The van der Waals surface area contributed by atoms with Crippen molar-refractivity contribution >= 4 is 11.9 Å². The minimum absolute atomic E-state index is 0.113. The lowest BCUT2D eigenvalue weighted by Crippen LogP contribution is -2.52. The van der Waals surface area contributed by atoms with Gasteiger partial charge in [-0.3, -0.25) is 9.69 Å². The summed E-state index contributed by atoms with van der Waals surface area (Å²) in [5.74, 6) is -1.29. The highest BCUT2D eigenvalue weighted by Gasteiger charge is 2.25. The average Bonchev–Trinajstić information content (AvgIpc) is 2.36. The van der Waals surface area contributed by atoms with E-state index in [1.54, 1.807) is 13.8 Å². The quantitative estimate of drug-likeness (QED) is 0.703. The highest BCUT2D eigenvalue weighted by molar-refractivity contribution is 5.84. The van der Waals surface area contributed by atoms with Gasteiger partial charge < -0.3 is 15.3 Å². The van der Waals surface area contributed by atoms with E-state index < -0.39 is 12.0 Å². The molecule has 6 nitrogen and oxygen atoms in total. The second-order valence-electron chi connectivity index (χ2n) is 5.34. The standard InChI is InChI=1S/C13H25N3O3/c1-4-15-5-7-16(8-6-15)9-11(17)14-12(10(2)3)13(18)19/h10,12H,4-9H2,1-3H3,(H,14,17)(H,18,19). The molecular weight excluding hydrogens is 246 g/mol. The van der Waals surface area contributed by atoms with Gasteiger partial charge in [0, 0.05) is 26.2 Å². The van der Waals surface area contributed by atoms with E-state index in [1.807, 2.05) is 0 Å². The van der Waals surface area contributed by atoms with Gasteiger partial charge in [-0.25, -0.2) is 4.79 Å². The van der Waals surface area contributed by atoms with E-state index in [9.17, 15) is 9.59 Å². The number of amides is 1. The Bertz CT molecular complexity index is 312. The second-order valence-corrected chi connectivity index (χ2v) is 5.34. The Balaban J connectivity index is 2.37. The first kappa shape index (κ1) is 15.9. The molecular formula is C13H25N3O3. The predicted molar refractivity (Wildman–Crippen MR) is 73.0 cm³/mol. The molecule has 19 heavy (non-hydrogen) atoms. The predicted octanol–water partition coefficient (Wildman–Crippen LogP) is -0.151. The van der Waals surface area contributed by atoms with E-state index in [0.29, 0.717) is 0 Å². The summed E-state index contributed by atoms with van der Waals surface area (Å²) in [5.41, 5.74) is 0. The summed E-state index contributed by atoms with van der Waals surface area (Å²) in [4.78, 5) is 27.3. The van der Waals surface area contributed by atoms with Gasteiger partial charge in [0.1, 0.15) is 6.04 Å². The summed E-state index contributed by atoms with van der Waals surface area (Å²) < 4.78 is 0. The first-order valence-corrected chi connectivity index (χ1v) is 6.91. The van der Waals surface area contributed by atoms with Crippen LogP contribution in [-0.4, -0.2) is 72.1 Å². The summed E-state index contributed by atoms with van der Waals surface area (Å²) in [7, 11) is 0. The van der Waals surface area contributed by atoms with Crippen molar-refractivity contribution in [3.8, 4) is 0 Å². The molecule has 1 saturated heterocycles. The Morgan fingerprint density at radius 2 is 1.68 bits per heavy atom. The smallest absolute Gasteiger partial charge is 0.326 e. The van der Waals surface area contributed by atoms with Crippen molar-refractivity contribution in [1.29, 1.82) is 0 Å². The number of carbonyl (C=O) groups is 2. The molecule has 1 aliphatic heterocycles. The summed E-state index contributed by atoms with van der Waals surface area (Å²) in [6.07, 6.45) is 0. The SMILES string of the molecule is CCN1CCN(CC(=O)NC(C(=O)O)C(C)C)CC1. The first-order valence-electron chi connectivity index (χ1n) is 6.91. The largest absolute Gasteiger partial charge is 0.480 e. The molecule has 1 unspecified atom stereocenters. The van der Waals surface area contributed by atoms with Gasteiger partial charge in [-0.1, -0.05) is 20.8 Å². The molecule has 0 radical (unpaired) electrons. The number of nitrogens with one attached hydrogen (secondary N) is 1. The van der Waals surface area contributed by atoms with E-state index >= 15 is 0 Å². The Labute approximate surface area is 114 Å². The molecule has 1 fully saturated rings. The van der Waals surface area contributed by atoms with Gasteiger partial charge in [-0.05, 0) is 12.5 Å². The van der Waals surface area contributed by atoms with Crippen LogP contribution in [0.1, 0.15) is 20.8 Å². The fourth-order valence-corrected chi connectivity index (χ4v) is 2.20. The van der Waals surface area contributed by atoms with Crippen LogP contribution in [0.3, 0.4) is 0 Å². The van der Waals surface area contributed by atoms with Crippen LogP contribution in [0.15, 0.2) is 0 Å². The van der Waals surface area contributed by atoms with E-state index in [4.69, 9.17) is 5.11 Å². The zero-order valence-electron chi connectivity index (χ0n) is 12.1. The summed E-state index contributed by atoms with van der Waals surface area (Å²) in [6, 6.07) is -0.801. The van der Waals surface area contributed by atoms with Crippen LogP contribution in [0.5, 0.6) is 0 Å². The third-order valence-electron chi connectivity index (χ3n) is 3.53. The number of carbonyl (C=O) groups excluding carboxylic acids is 1. The first-order chi connectivity index (χ1) is 8.93. The molecule has 110 valence electrons. The summed E-state index contributed by atoms with van der Waals surface area (Å²) >= 11 is 0. The number of hydrogen-bond donors (Lipinski definition) is 2. The number of likely N-dealkylation sites (N-methyl/N-ethyl adjacent to an activating group) is 1. The van der Waals surface area contributed by atoms with E-state index in [0.717, 1.165) is 32.7 Å². The number of hydrogen-bond acceptors (Lipinski definition) is 4. The molecule has 0 aliphatic carbocycles. The minimum atomic E-state index is -0.973. The highest BCUT2D eigenvalue weighted by atomic mass is 16.4. The zero-order valence-corrected chi connectivity index (χ0v) is 12.1. The van der Waals surface area contributed by atoms with Crippen molar-refractivity contribution < 1.29 is 14.7 Å². The van der Waals surface area contributed by atoms with Gasteiger partial charge in [-0.15, -0.1) is 0 Å². The lowest BCUT2D eigenvalue weighted by molar-refractivity contribution is -0.143. The van der Waals surface area contributed by atoms with Gasteiger partial charge in [0.05, 0.1) is 6.54 Å². The number of aliphatic carboxylic acids is 1. The van der Waals surface area contributed by atoms with E-state index in [2.05, 4.69) is 22.0 Å². The van der Waals surface area contributed by atoms with Crippen LogP contribution >= 0.6 is 0 Å². The Morgan fingerprint density at radius 1 is 1.16 bits per heavy atom. The van der Waals surface area contributed by atoms with Crippen LogP contribution in [-0.2, 0) is 9.59 Å². The van der Waals surface area contributed by atoms with Crippen molar-refractivity contribution in [2.24, 2.45) is 5.92 Å². The molecule has 0 aromatic carbocycles. The van der Waals surface area contributed by atoms with E-state index in [1.165, 1.54) is 0 Å². The molecule has 0 spiro atoms. The monoisotopic (exact) mass is 271 g/mol. The summed E-state index contributed by atoms with van der Waals surface area (Å²) in [5, 5.41) is 11.6. The molecule has 0 aromatic rings. The lowest BCUT2D eigenvalue weighted by atomic mass is 10.0. The van der Waals surface area contributed by atoms with Gasteiger partial charge in [0.15, 0.2) is 0 Å². The van der Waals surface area contributed by atoms with Crippen LogP contribution in [0.4, 0.5) is 0 Å². The molecule has 0 bridgehead atoms. The maximum Gasteiger partial charge on any atom is 0.326 e. The Morgan fingerprint density at radius 3 is 2.11 bits per heavy atom. The molecule has 1 aliphatic rings. The molecule has 1 atom stereocenters. The van der Waals surface area contributed by atoms with Crippen molar-refractivity contribution in [1.82, 2.24) is 15.1 Å². The summed E-state index contributed by atoms with van der Waals surface area (Å²) in [6.45, 7) is 10.7. The molecule has 0 aromatic heterocycles. The lowest BCUT2D eigenvalue weighted by Gasteiger charge is -2.33. The van der Waals surface area contributed by atoms with Crippen molar-refractivity contribution in [2.45, 2.75) is 26.8 Å². The van der Waals surface area contributed by atoms with Gasteiger partial charge in [0.2, 0.25) is 5.91 Å². The maximum absolute atomic E-state index is 11.9. The van der Waals surface area contributed by atoms with Crippen molar-refractivity contribution in [3.63, 3.8) is 0 Å². The third kappa shape index (κ3) is 5.16. The van der Waals surface area contributed by atoms with Crippen LogP contribution < -0.4 is 5.32 Å². The molecule has 1 amide bonds. The minimum Gasteiger partial charge on any atom is -0.480 e. The molecule has 0 saturated carbocycles. The zero-order chi connectivity index (χ0) is 14.4. The molecule has 1 heterocycles. The van der Waals surface area contributed by atoms with Gasteiger partial charge in [0.25, 0.3) is 0 Å². The van der Waals surface area contributed by atoms with Gasteiger partial charge in [-0.2, -0.15) is 0 Å². The van der Waals surface area contributed by atoms with Crippen molar-refractivity contribution in [2.75, 3.05) is 39.3 Å². The number of piperazine rings is 1. The topological polar surface area (TPSA) is 72.9 Å². The van der Waals surface area contributed by atoms with Crippen LogP contribution in [0, 0.1) is 5.92 Å². The molecule has 6 heteroatoms. The number of rotatable bonds is 6.